The van der Waals surface area contributed by atoms with Crippen LogP contribution in [0, 0.1) is 23.0 Å². The Morgan fingerprint density at radius 1 is 1.35 bits per heavy atom. The normalized spacial score (nSPS) is 16.8. The van der Waals surface area contributed by atoms with Crippen molar-refractivity contribution in [3.63, 3.8) is 0 Å². The smallest absolute Gasteiger partial charge is 0.314 e. The topological polar surface area (TPSA) is 143 Å². The van der Waals surface area contributed by atoms with E-state index in [2.05, 4.69) is 10.3 Å². The first-order valence-corrected chi connectivity index (χ1v) is 8.48. The Labute approximate surface area is 171 Å². The van der Waals surface area contributed by atoms with Crippen molar-refractivity contribution in [2.75, 3.05) is 11.9 Å². The summed E-state index contributed by atoms with van der Waals surface area (Å²) in [6.07, 6.45) is -3.72. The number of halogens is 4. The second-order valence-corrected chi connectivity index (χ2v) is 6.22. The number of pyridine rings is 1. The minimum absolute atomic E-state index is 0.125. The van der Waals surface area contributed by atoms with Crippen molar-refractivity contribution in [3.05, 3.63) is 58.9 Å². The van der Waals surface area contributed by atoms with Gasteiger partial charge in [0.25, 0.3) is 12.3 Å². The number of amides is 3. The number of epoxide rings is 1. The number of alkyl halides is 2. The van der Waals surface area contributed by atoms with Crippen molar-refractivity contribution in [2.45, 2.75) is 18.4 Å². The van der Waals surface area contributed by atoms with Crippen LogP contribution in [0.1, 0.15) is 21.6 Å². The van der Waals surface area contributed by atoms with Gasteiger partial charge < -0.3 is 25.8 Å². The zero-order valence-corrected chi connectivity index (χ0v) is 15.4. The first kappa shape index (κ1) is 21.9. The summed E-state index contributed by atoms with van der Waals surface area (Å²) in [4.78, 5) is 27.4. The van der Waals surface area contributed by atoms with Crippen molar-refractivity contribution in [2.24, 2.45) is 5.73 Å². The summed E-state index contributed by atoms with van der Waals surface area (Å²) in [5.74, 6) is -4.28. The lowest BCUT2D eigenvalue weighted by Crippen LogP contribution is -2.56. The maximum atomic E-state index is 14.5. The van der Waals surface area contributed by atoms with Crippen molar-refractivity contribution >= 4 is 17.6 Å². The predicted octanol–water partition coefficient (Wildman–Crippen LogP) is 1.94. The minimum atomic E-state index is -3.61. The number of hydrogen-bond donors (Lipinski definition) is 3. The van der Waals surface area contributed by atoms with Gasteiger partial charge in [0.15, 0.2) is 17.9 Å². The molecule has 9 nitrogen and oxygen atoms in total. The van der Waals surface area contributed by atoms with E-state index in [9.17, 15) is 27.2 Å². The van der Waals surface area contributed by atoms with Gasteiger partial charge in [-0.05, 0) is 18.2 Å². The fourth-order valence-corrected chi connectivity index (χ4v) is 2.60. The van der Waals surface area contributed by atoms with Crippen molar-refractivity contribution < 1.29 is 36.6 Å². The van der Waals surface area contributed by atoms with Crippen LogP contribution >= 0.6 is 0 Å². The summed E-state index contributed by atoms with van der Waals surface area (Å²) >= 11 is 0. The molecule has 1 aliphatic heterocycles. The number of nitrogens with one attached hydrogen (secondary N) is 2. The standard InChI is InChI=1S/C18H13F4N5O4/c19-11-4-9(26-15(28)12-2-1-8(5-23)6-25-12)3-10(14(11)20)18(16(21)22,27-17(24)29)31-13-7-30-13/h1-4,6,13,16H,7H2,(H,26,28)(H3,24,27,29)/t13-,18+/m0/s1. The van der Waals surface area contributed by atoms with Gasteiger partial charge in [0.05, 0.1) is 11.1 Å². The molecule has 0 aliphatic carbocycles. The van der Waals surface area contributed by atoms with E-state index >= 15 is 0 Å². The lowest BCUT2D eigenvalue weighted by atomic mass is 10.0. The summed E-state index contributed by atoms with van der Waals surface area (Å²) < 4.78 is 66.3. The molecular weight excluding hydrogens is 426 g/mol. The number of hydrogen-bond acceptors (Lipinski definition) is 6. The highest BCUT2D eigenvalue weighted by molar-refractivity contribution is 6.02. The Kier molecular flexibility index (Phi) is 6.04. The van der Waals surface area contributed by atoms with Gasteiger partial charge >= 0.3 is 6.03 Å². The number of ether oxygens (including phenoxy) is 2. The lowest BCUT2D eigenvalue weighted by Gasteiger charge is -2.33. The average Bonchev–Trinajstić information content (AvgIpc) is 3.53. The Balaban J connectivity index is 2.00. The van der Waals surface area contributed by atoms with Crippen molar-refractivity contribution in [3.8, 4) is 6.07 Å². The Hall–Kier alpha value is -3.76. The van der Waals surface area contributed by atoms with Gasteiger partial charge in [-0.2, -0.15) is 5.26 Å². The third-order valence-electron chi connectivity index (χ3n) is 4.05. The monoisotopic (exact) mass is 439 g/mol. The third-order valence-corrected chi connectivity index (χ3v) is 4.05. The van der Waals surface area contributed by atoms with Crippen LogP contribution in [0.3, 0.4) is 0 Å². The van der Waals surface area contributed by atoms with E-state index in [0.717, 1.165) is 6.20 Å². The molecule has 1 aliphatic rings. The molecule has 2 atom stereocenters. The molecule has 3 amide bonds. The van der Waals surface area contributed by atoms with Crippen LogP contribution < -0.4 is 16.4 Å². The van der Waals surface area contributed by atoms with E-state index in [1.165, 1.54) is 12.1 Å². The maximum absolute atomic E-state index is 14.5. The van der Waals surface area contributed by atoms with E-state index in [1.807, 2.05) is 0 Å². The second-order valence-electron chi connectivity index (χ2n) is 6.22. The summed E-state index contributed by atoms with van der Waals surface area (Å²) in [6.45, 7) is -0.125. The Morgan fingerprint density at radius 3 is 2.58 bits per heavy atom. The van der Waals surface area contributed by atoms with E-state index in [1.54, 1.807) is 11.4 Å². The van der Waals surface area contributed by atoms with E-state index in [4.69, 9.17) is 20.5 Å². The number of carbonyl (C=O) groups excluding carboxylic acids is 2. The van der Waals surface area contributed by atoms with Gasteiger partial charge in [-0.15, -0.1) is 0 Å². The van der Waals surface area contributed by atoms with Gasteiger partial charge in [0.2, 0.25) is 5.72 Å². The van der Waals surface area contributed by atoms with Gasteiger partial charge in [-0.3, -0.25) is 4.79 Å². The molecule has 4 N–H and O–H groups in total. The Morgan fingerprint density at radius 2 is 2.06 bits per heavy atom. The summed E-state index contributed by atoms with van der Waals surface area (Å²) in [5, 5.41) is 12.5. The van der Waals surface area contributed by atoms with Crippen LogP contribution in [0.4, 0.5) is 28.0 Å². The molecule has 2 aromatic rings. The second kappa shape index (κ2) is 8.54. The van der Waals surface area contributed by atoms with E-state index in [-0.39, 0.29) is 17.9 Å². The SMILES string of the molecule is N#Cc1ccc(C(=O)Nc2cc(F)c(F)c([C@@](NC(N)=O)(O[C@H]3CO3)C(F)F)c2)nc1. The highest BCUT2D eigenvalue weighted by Crippen LogP contribution is 2.37. The number of carbonyl (C=O) groups is 2. The molecule has 3 rings (SSSR count). The van der Waals surface area contributed by atoms with Crippen LogP contribution in [-0.4, -0.2) is 36.2 Å². The lowest BCUT2D eigenvalue weighted by molar-refractivity contribution is -0.187. The van der Waals surface area contributed by atoms with Crippen LogP contribution in [0.15, 0.2) is 30.5 Å². The fraction of sp³-hybridized carbons (Fsp3) is 0.222. The van der Waals surface area contributed by atoms with E-state index in [0.29, 0.717) is 12.1 Å². The zero-order chi connectivity index (χ0) is 22.8. The predicted molar refractivity (Wildman–Crippen MR) is 94.5 cm³/mol. The molecule has 1 saturated heterocycles. The molecular formula is C18H13F4N5O4. The summed E-state index contributed by atoms with van der Waals surface area (Å²) in [5.41, 5.74) is 0.158. The number of aromatic nitrogens is 1. The Bertz CT molecular complexity index is 1060. The van der Waals surface area contributed by atoms with Gasteiger partial charge in [-0.25, -0.2) is 27.3 Å². The fourth-order valence-electron chi connectivity index (χ4n) is 2.60. The minimum Gasteiger partial charge on any atom is -0.352 e. The van der Waals surface area contributed by atoms with Gasteiger partial charge in [0.1, 0.15) is 18.4 Å². The van der Waals surface area contributed by atoms with Crippen molar-refractivity contribution in [1.29, 1.82) is 5.26 Å². The van der Waals surface area contributed by atoms with Gasteiger partial charge in [0, 0.05) is 18.0 Å². The summed E-state index contributed by atoms with van der Waals surface area (Å²) in [7, 11) is 0. The first-order chi connectivity index (χ1) is 14.7. The largest absolute Gasteiger partial charge is 0.352 e. The number of nitriles is 1. The molecule has 13 heteroatoms. The van der Waals surface area contributed by atoms with Crippen LogP contribution in [0.25, 0.3) is 0 Å². The molecule has 0 radical (unpaired) electrons. The summed E-state index contributed by atoms with van der Waals surface area (Å²) in [6, 6.07) is 3.98. The van der Waals surface area contributed by atoms with Gasteiger partial charge in [-0.1, -0.05) is 0 Å². The first-order valence-electron chi connectivity index (χ1n) is 8.48. The highest BCUT2D eigenvalue weighted by atomic mass is 19.3. The van der Waals surface area contributed by atoms with E-state index < -0.39 is 53.3 Å². The molecule has 0 saturated carbocycles. The van der Waals surface area contributed by atoms with Crippen LogP contribution in [-0.2, 0) is 15.2 Å². The third kappa shape index (κ3) is 4.71. The number of anilines is 1. The molecule has 0 unspecified atom stereocenters. The number of primary amides is 1. The molecule has 2 heterocycles. The van der Waals surface area contributed by atoms with Crippen LogP contribution in [0.2, 0.25) is 0 Å². The number of rotatable bonds is 7. The zero-order valence-electron chi connectivity index (χ0n) is 15.4. The molecule has 0 spiro atoms. The number of benzene rings is 1. The molecule has 0 bridgehead atoms. The quantitative estimate of drug-likeness (QED) is 0.342. The van der Waals surface area contributed by atoms with Crippen molar-refractivity contribution in [1.82, 2.24) is 10.3 Å². The molecule has 162 valence electrons. The molecule has 1 fully saturated rings. The highest BCUT2D eigenvalue weighted by Gasteiger charge is 2.51. The molecule has 1 aromatic carbocycles. The maximum Gasteiger partial charge on any atom is 0.314 e. The number of nitrogens with zero attached hydrogens (tertiary/aromatic N) is 2. The number of urea groups is 1. The average molecular weight is 439 g/mol. The molecule has 31 heavy (non-hydrogen) atoms. The van der Waals surface area contributed by atoms with Crippen LogP contribution in [0.5, 0.6) is 0 Å². The number of nitrogens with two attached hydrogens (primary N) is 1. The molecule has 1 aromatic heterocycles.